The number of β-amino-alcohol motifs (C(OH)–C–C–N with tert-alkyl or cyclic N) is 1. The van der Waals surface area contributed by atoms with Crippen LogP contribution in [0.4, 0.5) is 29.5 Å². The predicted octanol–water partition coefficient (Wildman–Crippen LogP) is 3.61. The third kappa shape index (κ3) is 6.01. The summed E-state index contributed by atoms with van der Waals surface area (Å²) in [5, 5.41) is 18.3. The highest BCUT2D eigenvalue weighted by atomic mass is 19.1. The van der Waals surface area contributed by atoms with Crippen LogP contribution in [0.1, 0.15) is 16.1 Å². The van der Waals surface area contributed by atoms with E-state index in [4.69, 9.17) is 4.74 Å². The lowest BCUT2D eigenvalue weighted by atomic mass is 10.2. The van der Waals surface area contributed by atoms with Gasteiger partial charge in [-0.3, -0.25) is 14.9 Å². The normalized spacial score (nSPS) is 13.0. The maximum atomic E-state index is 14.9. The number of rotatable bonds is 6. The molecular formula is C27H21F3N6O5. The van der Waals surface area contributed by atoms with E-state index >= 15 is 0 Å². The number of aryl methyl sites for hydroxylation is 1. The van der Waals surface area contributed by atoms with Crippen LogP contribution in [0.2, 0.25) is 0 Å². The molecule has 1 fully saturated rings. The fraction of sp³-hybridized carbons (Fsp3) is 0.148. The minimum Gasteiger partial charge on any atom is -0.454 e. The van der Waals surface area contributed by atoms with Crippen LogP contribution in [0.15, 0.2) is 65.6 Å². The molecule has 2 aromatic carbocycles. The minimum atomic E-state index is -1.05. The molecule has 210 valence electrons. The number of nitrogens with one attached hydrogen (secondary N) is 2. The van der Waals surface area contributed by atoms with Crippen molar-refractivity contribution in [3.8, 4) is 17.2 Å². The van der Waals surface area contributed by atoms with E-state index < -0.39 is 41.1 Å². The summed E-state index contributed by atoms with van der Waals surface area (Å²) in [6.07, 6.45) is 0.801. The Labute approximate surface area is 229 Å². The number of benzene rings is 2. The molecular weight excluding hydrogens is 545 g/mol. The summed E-state index contributed by atoms with van der Waals surface area (Å²) < 4.78 is 48.6. The largest absolute Gasteiger partial charge is 0.454 e. The van der Waals surface area contributed by atoms with Gasteiger partial charge < -0.3 is 20.1 Å². The lowest BCUT2D eigenvalue weighted by Gasteiger charge is -2.35. The number of pyridine rings is 1. The SMILES string of the molecule is Cc1cc(=O)n(-c2ccc(F)cc2F)nc1C(=O)Nc1ccc(Oc2ccnc(NC(=O)N3CC(O)C3)c2)c(F)c1. The highest BCUT2D eigenvalue weighted by molar-refractivity contribution is 6.03. The van der Waals surface area contributed by atoms with E-state index in [1.165, 1.54) is 42.3 Å². The number of hydrogen-bond acceptors (Lipinski definition) is 7. The number of aromatic nitrogens is 3. The number of nitrogens with zero attached hydrogens (tertiary/aromatic N) is 4. The highest BCUT2D eigenvalue weighted by Crippen LogP contribution is 2.28. The quantitative estimate of drug-likeness (QED) is 0.324. The average molecular weight is 566 g/mol. The fourth-order valence-corrected chi connectivity index (χ4v) is 3.92. The number of carbonyl (C=O) groups is 2. The molecule has 0 atom stereocenters. The number of halogens is 3. The molecule has 1 saturated heterocycles. The average Bonchev–Trinajstić information content (AvgIpc) is 2.89. The fourth-order valence-electron chi connectivity index (χ4n) is 3.92. The number of ether oxygens (including phenoxy) is 1. The molecule has 0 saturated carbocycles. The summed E-state index contributed by atoms with van der Waals surface area (Å²) in [6.45, 7) is 1.87. The highest BCUT2D eigenvalue weighted by Gasteiger charge is 2.29. The summed E-state index contributed by atoms with van der Waals surface area (Å²) in [7, 11) is 0. The Morgan fingerprint density at radius 3 is 2.49 bits per heavy atom. The van der Waals surface area contributed by atoms with Crippen LogP contribution < -0.4 is 20.9 Å². The van der Waals surface area contributed by atoms with Gasteiger partial charge in [-0.15, -0.1) is 0 Å². The summed E-state index contributed by atoms with van der Waals surface area (Å²) in [4.78, 5) is 42.8. The van der Waals surface area contributed by atoms with Crippen LogP contribution in [0, 0.1) is 24.4 Å². The van der Waals surface area contributed by atoms with Crippen molar-refractivity contribution >= 4 is 23.4 Å². The molecule has 0 unspecified atom stereocenters. The van der Waals surface area contributed by atoms with Gasteiger partial charge in [0.15, 0.2) is 23.1 Å². The van der Waals surface area contributed by atoms with Crippen molar-refractivity contribution in [1.82, 2.24) is 19.7 Å². The van der Waals surface area contributed by atoms with Gasteiger partial charge in [0.05, 0.1) is 19.2 Å². The topological polar surface area (TPSA) is 139 Å². The summed E-state index contributed by atoms with van der Waals surface area (Å²) in [6, 6.07) is 9.62. The number of urea groups is 1. The van der Waals surface area contributed by atoms with Gasteiger partial charge in [-0.25, -0.2) is 22.9 Å². The number of amides is 3. The van der Waals surface area contributed by atoms with E-state index in [0.29, 0.717) is 10.7 Å². The zero-order chi connectivity index (χ0) is 29.3. The molecule has 11 nitrogen and oxygen atoms in total. The molecule has 2 aromatic heterocycles. The van der Waals surface area contributed by atoms with Gasteiger partial charge >= 0.3 is 6.03 Å². The van der Waals surface area contributed by atoms with E-state index in [9.17, 15) is 32.7 Å². The molecule has 3 heterocycles. The smallest absolute Gasteiger partial charge is 0.323 e. The molecule has 3 amide bonds. The Morgan fingerprint density at radius 2 is 1.78 bits per heavy atom. The van der Waals surface area contributed by atoms with E-state index in [-0.39, 0.29) is 53.0 Å². The van der Waals surface area contributed by atoms with E-state index in [0.717, 1.165) is 24.3 Å². The first-order valence-electron chi connectivity index (χ1n) is 12.1. The maximum absolute atomic E-state index is 14.9. The van der Waals surface area contributed by atoms with Gasteiger partial charge in [-0.05, 0) is 42.8 Å². The van der Waals surface area contributed by atoms with E-state index in [1.807, 2.05) is 0 Å². The van der Waals surface area contributed by atoms with Gasteiger partial charge in [-0.1, -0.05) is 0 Å². The van der Waals surface area contributed by atoms with Crippen molar-refractivity contribution in [3.63, 3.8) is 0 Å². The summed E-state index contributed by atoms with van der Waals surface area (Å²) in [5.74, 6) is -3.40. The standard InChI is InChI=1S/C27H21F3N6O5/c1-14-8-24(38)36(21-4-2-15(28)9-19(21)29)34-25(14)26(39)32-16-3-5-22(20(30)10-16)41-18-6-7-31-23(11-18)33-27(40)35-12-17(37)13-35/h2-11,17,37H,12-13H2,1H3,(H,32,39)(H,31,33,40). The number of anilines is 2. The lowest BCUT2D eigenvalue weighted by molar-refractivity contribution is 0.0308. The molecule has 41 heavy (non-hydrogen) atoms. The number of aliphatic hydroxyl groups is 1. The van der Waals surface area contributed by atoms with Crippen LogP contribution in [0.25, 0.3) is 5.69 Å². The van der Waals surface area contributed by atoms with Gasteiger partial charge in [0.1, 0.15) is 23.1 Å². The lowest BCUT2D eigenvalue weighted by Crippen LogP contribution is -2.54. The monoisotopic (exact) mass is 566 g/mol. The molecule has 14 heteroatoms. The molecule has 0 spiro atoms. The molecule has 0 radical (unpaired) electrons. The zero-order valence-electron chi connectivity index (χ0n) is 21.3. The second-order valence-electron chi connectivity index (χ2n) is 9.09. The molecule has 0 bridgehead atoms. The number of carbonyl (C=O) groups excluding carboxylic acids is 2. The van der Waals surface area contributed by atoms with Gasteiger partial charge in [0.25, 0.3) is 11.5 Å². The number of likely N-dealkylation sites (tertiary alicyclic amines) is 1. The van der Waals surface area contributed by atoms with Crippen molar-refractivity contribution in [3.05, 3.63) is 99.9 Å². The van der Waals surface area contributed by atoms with E-state index in [1.54, 1.807) is 0 Å². The van der Waals surface area contributed by atoms with Crippen molar-refractivity contribution in [2.75, 3.05) is 23.7 Å². The van der Waals surface area contributed by atoms with Crippen LogP contribution >= 0.6 is 0 Å². The molecule has 5 rings (SSSR count). The number of aliphatic hydroxyl groups excluding tert-OH is 1. The molecule has 3 N–H and O–H groups in total. The van der Waals surface area contributed by atoms with E-state index in [2.05, 4.69) is 20.7 Å². The van der Waals surface area contributed by atoms with Crippen molar-refractivity contribution in [1.29, 1.82) is 0 Å². The van der Waals surface area contributed by atoms with Crippen molar-refractivity contribution < 1.29 is 32.6 Å². The third-order valence-corrected chi connectivity index (χ3v) is 6.01. The summed E-state index contributed by atoms with van der Waals surface area (Å²) >= 11 is 0. The van der Waals surface area contributed by atoms with Crippen molar-refractivity contribution in [2.45, 2.75) is 13.0 Å². The van der Waals surface area contributed by atoms with Gasteiger partial charge in [0.2, 0.25) is 0 Å². The van der Waals surface area contributed by atoms with Crippen LogP contribution in [0.3, 0.4) is 0 Å². The zero-order valence-corrected chi connectivity index (χ0v) is 21.3. The van der Waals surface area contributed by atoms with Crippen molar-refractivity contribution in [2.24, 2.45) is 0 Å². The first-order chi connectivity index (χ1) is 19.6. The second-order valence-corrected chi connectivity index (χ2v) is 9.09. The molecule has 4 aromatic rings. The molecule has 1 aliphatic rings. The Morgan fingerprint density at radius 1 is 1.00 bits per heavy atom. The Kier molecular flexibility index (Phi) is 7.40. The van der Waals surface area contributed by atoms with Gasteiger partial charge in [-0.2, -0.15) is 9.78 Å². The third-order valence-electron chi connectivity index (χ3n) is 6.01. The van der Waals surface area contributed by atoms with Crippen LogP contribution in [0.5, 0.6) is 11.5 Å². The first-order valence-corrected chi connectivity index (χ1v) is 12.1. The Bertz CT molecular complexity index is 1720. The number of hydrogen-bond donors (Lipinski definition) is 3. The maximum Gasteiger partial charge on any atom is 0.323 e. The minimum absolute atomic E-state index is 0.0335. The summed E-state index contributed by atoms with van der Waals surface area (Å²) in [5.41, 5.74) is -1.12. The second kappa shape index (κ2) is 11.1. The molecule has 0 aliphatic carbocycles. The molecule has 1 aliphatic heterocycles. The Balaban J connectivity index is 1.29. The van der Waals surface area contributed by atoms with Crippen LogP contribution in [-0.4, -0.2) is 55.9 Å². The first kappa shape index (κ1) is 27.3. The van der Waals surface area contributed by atoms with Gasteiger partial charge in [0, 0.05) is 36.1 Å². The van der Waals surface area contributed by atoms with Crippen LogP contribution in [-0.2, 0) is 0 Å². The Hall–Kier alpha value is -5.24. The predicted molar refractivity (Wildman–Crippen MR) is 140 cm³/mol.